The Kier molecular flexibility index (Phi) is 5.44. The monoisotopic (exact) mass is 228 g/mol. The fraction of sp³-hybridized carbons (Fsp3) is 0.143. The lowest BCUT2D eigenvalue weighted by Gasteiger charge is -1.96. The first-order valence-corrected chi connectivity index (χ1v) is 5.42. The molecule has 0 fully saturated rings. The minimum atomic E-state index is -0.183. The first-order valence-electron chi connectivity index (χ1n) is 5.42. The van der Waals surface area contributed by atoms with Crippen LogP contribution in [0.25, 0.3) is 6.08 Å². The molecule has 0 bridgehead atoms. The van der Waals surface area contributed by atoms with Crippen LogP contribution < -0.4 is 5.43 Å². The van der Waals surface area contributed by atoms with Crippen molar-refractivity contribution in [3.63, 3.8) is 0 Å². The molecule has 0 unspecified atom stereocenters. The minimum absolute atomic E-state index is 0.183. The fourth-order valence-corrected chi connectivity index (χ4v) is 1.08. The summed E-state index contributed by atoms with van der Waals surface area (Å²) in [6.07, 6.45) is 6.98. The predicted molar refractivity (Wildman–Crippen MR) is 71.5 cm³/mol. The number of rotatable bonds is 4. The number of hydrogen-bond donors (Lipinski definition) is 1. The topological polar surface area (TPSA) is 41.5 Å². The van der Waals surface area contributed by atoms with Crippen LogP contribution in [0.1, 0.15) is 19.4 Å². The van der Waals surface area contributed by atoms with Gasteiger partial charge in [0.1, 0.15) is 0 Å². The molecule has 0 aliphatic carbocycles. The van der Waals surface area contributed by atoms with Crippen molar-refractivity contribution in [1.82, 2.24) is 5.43 Å². The first-order chi connectivity index (χ1) is 8.24. The van der Waals surface area contributed by atoms with Crippen molar-refractivity contribution in [2.45, 2.75) is 13.8 Å². The van der Waals surface area contributed by atoms with Crippen LogP contribution in [0.4, 0.5) is 0 Å². The van der Waals surface area contributed by atoms with E-state index in [2.05, 4.69) is 10.5 Å². The zero-order valence-electron chi connectivity index (χ0n) is 10.1. The van der Waals surface area contributed by atoms with E-state index in [1.54, 1.807) is 25.3 Å². The molecule has 1 aromatic rings. The number of nitrogens with one attached hydrogen (secondary N) is 1. The number of nitrogens with zero attached hydrogens (tertiary/aromatic N) is 1. The summed E-state index contributed by atoms with van der Waals surface area (Å²) in [6.45, 7) is 3.55. The van der Waals surface area contributed by atoms with Crippen molar-refractivity contribution in [2.24, 2.45) is 5.10 Å². The molecule has 1 rings (SSSR count). The van der Waals surface area contributed by atoms with Crippen LogP contribution >= 0.6 is 0 Å². The van der Waals surface area contributed by atoms with E-state index < -0.39 is 0 Å². The molecule has 0 saturated heterocycles. The van der Waals surface area contributed by atoms with Gasteiger partial charge in [-0.15, -0.1) is 0 Å². The summed E-state index contributed by atoms with van der Waals surface area (Å²) in [5.41, 5.74) is 4.17. The molecule has 1 amide bonds. The van der Waals surface area contributed by atoms with E-state index in [0.717, 1.165) is 5.56 Å². The molecule has 0 aliphatic heterocycles. The third-order valence-corrected chi connectivity index (χ3v) is 2.21. The second-order valence-electron chi connectivity index (χ2n) is 3.46. The third kappa shape index (κ3) is 4.93. The van der Waals surface area contributed by atoms with Crippen molar-refractivity contribution in [1.29, 1.82) is 0 Å². The quantitative estimate of drug-likeness (QED) is 0.480. The predicted octanol–water partition coefficient (Wildman–Crippen LogP) is 2.77. The number of carbonyl (C=O) groups excluding carboxylic acids is 1. The maximum Gasteiger partial charge on any atom is 0.266 e. The minimum Gasteiger partial charge on any atom is -0.268 e. The smallest absolute Gasteiger partial charge is 0.266 e. The highest BCUT2D eigenvalue weighted by atomic mass is 16.2. The Morgan fingerprint density at radius 2 is 2.00 bits per heavy atom. The van der Waals surface area contributed by atoms with Gasteiger partial charge in [0, 0.05) is 11.8 Å². The van der Waals surface area contributed by atoms with Crippen LogP contribution in [0.2, 0.25) is 0 Å². The number of hydrogen-bond acceptors (Lipinski definition) is 2. The summed E-state index contributed by atoms with van der Waals surface area (Å²) in [5.74, 6) is -0.183. The van der Waals surface area contributed by atoms with Gasteiger partial charge < -0.3 is 0 Å². The van der Waals surface area contributed by atoms with Crippen LogP contribution in [-0.2, 0) is 4.79 Å². The maximum atomic E-state index is 11.3. The van der Waals surface area contributed by atoms with Gasteiger partial charge in [-0.25, -0.2) is 5.43 Å². The molecule has 17 heavy (non-hydrogen) atoms. The molecule has 0 saturated carbocycles. The van der Waals surface area contributed by atoms with Gasteiger partial charge >= 0.3 is 0 Å². The van der Waals surface area contributed by atoms with Crippen molar-refractivity contribution < 1.29 is 4.79 Å². The Balaban J connectivity index is 2.41. The standard InChI is InChI=1S/C14H16N2O/c1-3-12(2)14(17)16-15-11-7-10-13-8-5-4-6-9-13/h3-11H,1-2H3,(H,16,17)/b10-7+,12-3+,15-11-. The molecule has 1 N–H and O–H groups in total. The van der Waals surface area contributed by atoms with Crippen molar-refractivity contribution >= 4 is 18.2 Å². The maximum absolute atomic E-state index is 11.3. The molecule has 88 valence electrons. The zero-order valence-corrected chi connectivity index (χ0v) is 10.1. The summed E-state index contributed by atoms with van der Waals surface area (Å²) in [4.78, 5) is 11.3. The van der Waals surface area contributed by atoms with Gasteiger partial charge in [-0.3, -0.25) is 4.79 Å². The zero-order chi connectivity index (χ0) is 12.5. The van der Waals surface area contributed by atoms with E-state index in [0.29, 0.717) is 5.57 Å². The Labute approximate surface area is 102 Å². The van der Waals surface area contributed by atoms with Gasteiger partial charge in [-0.05, 0) is 25.5 Å². The lowest BCUT2D eigenvalue weighted by Crippen LogP contribution is -2.17. The average Bonchev–Trinajstić information content (AvgIpc) is 2.38. The second-order valence-corrected chi connectivity index (χ2v) is 3.46. The largest absolute Gasteiger partial charge is 0.268 e. The van der Waals surface area contributed by atoms with Gasteiger partial charge in [-0.2, -0.15) is 5.10 Å². The fourth-order valence-electron chi connectivity index (χ4n) is 1.08. The van der Waals surface area contributed by atoms with Crippen LogP contribution in [-0.4, -0.2) is 12.1 Å². The van der Waals surface area contributed by atoms with E-state index >= 15 is 0 Å². The highest BCUT2D eigenvalue weighted by Gasteiger charge is 1.98. The Bertz CT molecular complexity index is 445. The molecular formula is C14H16N2O. The highest BCUT2D eigenvalue weighted by molar-refractivity contribution is 5.93. The van der Waals surface area contributed by atoms with E-state index in [1.807, 2.05) is 43.3 Å². The lowest BCUT2D eigenvalue weighted by molar-refractivity contribution is -0.117. The number of allylic oxidation sites excluding steroid dienone is 2. The van der Waals surface area contributed by atoms with Crippen molar-refractivity contribution in [3.05, 3.63) is 53.6 Å². The van der Waals surface area contributed by atoms with E-state index in [9.17, 15) is 4.79 Å². The van der Waals surface area contributed by atoms with Gasteiger partial charge in [0.15, 0.2) is 0 Å². The van der Waals surface area contributed by atoms with Gasteiger partial charge in [0.2, 0.25) is 0 Å². The number of hydrazone groups is 1. The van der Waals surface area contributed by atoms with Crippen molar-refractivity contribution in [2.75, 3.05) is 0 Å². The molecule has 0 aliphatic rings. The molecule has 3 heteroatoms. The molecule has 0 spiro atoms. The molecular weight excluding hydrogens is 212 g/mol. The Hall–Kier alpha value is -2.16. The molecule has 3 nitrogen and oxygen atoms in total. The van der Waals surface area contributed by atoms with Crippen LogP contribution in [0.15, 0.2) is 53.2 Å². The van der Waals surface area contributed by atoms with E-state index in [-0.39, 0.29) is 5.91 Å². The second kappa shape index (κ2) is 7.17. The van der Waals surface area contributed by atoms with Crippen LogP contribution in [0.5, 0.6) is 0 Å². The van der Waals surface area contributed by atoms with Gasteiger partial charge in [0.25, 0.3) is 5.91 Å². The van der Waals surface area contributed by atoms with Gasteiger partial charge in [-0.1, -0.05) is 42.5 Å². The Morgan fingerprint density at radius 3 is 2.65 bits per heavy atom. The summed E-state index contributed by atoms with van der Waals surface area (Å²) in [6, 6.07) is 9.88. The molecule has 0 radical (unpaired) electrons. The van der Waals surface area contributed by atoms with E-state index in [1.165, 1.54) is 0 Å². The average molecular weight is 228 g/mol. The molecule has 1 aromatic carbocycles. The Morgan fingerprint density at radius 1 is 1.29 bits per heavy atom. The molecule has 0 atom stereocenters. The van der Waals surface area contributed by atoms with Crippen LogP contribution in [0.3, 0.4) is 0 Å². The third-order valence-electron chi connectivity index (χ3n) is 2.21. The SMILES string of the molecule is C/C=C(\C)C(=O)N/N=C\C=C\c1ccccc1. The van der Waals surface area contributed by atoms with Crippen LogP contribution in [0, 0.1) is 0 Å². The summed E-state index contributed by atoms with van der Waals surface area (Å²) >= 11 is 0. The number of benzene rings is 1. The summed E-state index contributed by atoms with van der Waals surface area (Å²) in [5, 5.41) is 3.80. The first kappa shape index (κ1) is 12.9. The highest BCUT2D eigenvalue weighted by Crippen LogP contribution is 1.99. The lowest BCUT2D eigenvalue weighted by atomic mass is 10.2. The summed E-state index contributed by atoms with van der Waals surface area (Å²) in [7, 11) is 0. The summed E-state index contributed by atoms with van der Waals surface area (Å²) < 4.78 is 0. The van der Waals surface area contributed by atoms with E-state index in [4.69, 9.17) is 0 Å². The normalized spacial score (nSPS) is 12.2. The molecule has 0 aromatic heterocycles. The number of amides is 1. The number of carbonyl (C=O) groups is 1. The molecule has 0 heterocycles. The van der Waals surface area contributed by atoms with Crippen molar-refractivity contribution in [3.8, 4) is 0 Å². The van der Waals surface area contributed by atoms with Gasteiger partial charge in [0.05, 0.1) is 0 Å².